The monoisotopic (exact) mass is 223 g/mol. The lowest BCUT2D eigenvalue weighted by molar-refractivity contribution is -0.182. The summed E-state index contributed by atoms with van der Waals surface area (Å²) in [6, 6.07) is -0.0592. The van der Waals surface area contributed by atoms with Gasteiger partial charge in [-0.1, -0.05) is 6.92 Å². The second kappa shape index (κ2) is 4.86. The Kier molecular flexibility index (Phi) is 3.99. The van der Waals surface area contributed by atoms with Gasteiger partial charge in [-0.3, -0.25) is 4.79 Å². The first-order valence-electron chi connectivity index (χ1n) is 5.29. The van der Waals surface area contributed by atoms with Crippen LogP contribution < -0.4 is 5.32 Å². The largest absolute Gasteiger partial charge is 0.391 e. The average molecular weight is 223 g/mol. The number of hydrogen-bond donors (Lipinski definition) is 1. The molecule has 0 radical (unpaired) electrons. The van der Waals surface area contributed by atoms with Crippen molar-refractivity contribution in [2.75, 3.05) is 0 Å². The Morgan fingerprint density at radius 2 is 1.80 bits per heavy atom. The average Bonchev–Trinajstić information content (AvgIpc) is 2.17. The van der Waals surface area contributed by atoms with E-state index in [0.717, 1.165) is 0 Å². The zero-order valence-corrected chi connectivity index (χ0v) is 8.73. The molecule has 0 unspecified atom stereocenters. The summed E-state index contributed by atoms with van der Waals surface area (Å²) in [6.07, 6.45) is -2.53. The van der Waals surface area contributed by atoms with Gasteiger partial charge in [-0.05, 0) is 25.7 Å². The van der Waals surface area contributed by atoms with Crippen LogP contribution in [0.3, 0.4) is 0 Å². The molecule has 0 heterocycles. The van der Waals surface area contributed by atoms with Crippen LogP contribution in [0.15, 0.2) is 0 Å². The van der Waals surface area contributed by atoms with E-state index < -0.39 is 12.1 Å². The Morgan fingerprint density at radius 3 is 2.20 bits per heavy atom. The molecule has 88 valence electrons. The lowest BCUT2D eigenvalue weighted by atomic mass is 9.85. The fourth-order valence-corrected chi connectivity index (χ4v) is 1.89. The lowest BCUT2D eigenvalue weighted by Crippen LogP contribution is -2.39. The third-order valence-electron chi connectivity index (χ3n) is 2.88. The van der Waals surface area contributed by atoms with E-state index >= 15 is 0 Å². The van der Waals surface area contributed by atoms with E-state index in [1.165, 1.54) is 0 Å². The molecule has 0 aromatic carbocycles. The maximum Gasteiger partial charge on any atom is 0.391 e. The van der Waals surface area contributed by atoms with Gasteiger partial charge in [0.25, 0.3) is 0 Å². The summed E-state index contributed by atoms with van der Waals surface area (Å²) >= 11 is 0. The zero-order chi connectivity index (χ0) is 11.5. The molecule has 0 atom stereocenters. The van der Waals surface area contributed by atoms with Crippen LogP contribution in [0.4, 0.5) is 13.2 Å². The number of carbonyl (C=O) groups excluding carboxylic acids is 1. The Morgan fingerprint density at radius 1 is 1.27 bits per heavy atom. The van der Waals surface area contributed by atoms with Gasteiger partial charge in [0.2, 0.25) is 5.91 Å². The van der Waals surface area contributed by atoms with Crippen LogP contribution in [0.25, 0.3) is 0 Å². The smallest absolute Gasteiger partial charge is 0.353 e. The molecule has 1 N–H and O–H groups in total. The molecule has 0 aromatic heterocycles. The molecule has 1 amide bonds. The van der Waals surface area contributed by atoms with Crippen molar-refractivity contribution in [3.8, 4) is 0 Å². The Hall–Kier alpha value is -0.740. The van der Waals surface area contributed by atoms with E-state index in [1.807, 2.05) is 0 Å². The minimum atomic E-state index is -4.07. The van der Waals surface area contributed by atoms with Crippen molar-refractivity contribution < 1.29 is 18.0 Å². The van der Waals surface area contributed by atoms with Crippen molar-refractivity contribution in [1.29, 1.82) is 0 Å². The fraction of sp³-hybridized carbons (Fsp3) is 0.900. The van der Waals surface area contributed by atoms with E-state index in [1.54, 1.807) is 6.92 Å². The van der Waals surface area contributed by atoms with Gasteiger partial charge >= 0.3 is 6.18 Å². The number of rotatable bonds is 2. The Bertz CT molecular complexity index is 219. The molecule has 15 heavy (non-hydrogen) atoms. The molecule has 1 fully saturated rings. The fourth-order valence-electron chi connectivity index (χ4n) is 1.89. The standard InChI is InChI=1S/C10H16F3NO/c1-2-9(15)14-8-5-3-7(4-6-8)10(11,12)13/h7-8H,2-6H2,1H3,(H,14,15). The molecule has 0 spiro atoms. The van der Waals surface area contributed by atoms with E-state index in [-0.39, 0.29) is 24.8 Å². The first kappa shape index (κ1) is 12.3. The van der Waals surface area contributed by atoms with Crippen molar-refractivity contribution in [2.45, 2.75) is 51.2 Å². The first-order valence-corrected chi connectivity index (χ1v) is 5.29. The van der Waals surface area contributed by atoms with E-state index in [0.29, 0.717) is 19.3 Å². The van der Waals surface area contributed by atoms with Gasteiger partial charge in [-0.25, -0.2) is 0 Å². The highest BCUT2D eigenvalue weighted by atomic mass is 19.4. The summed E-state index contributed by atoms with van der Waals surface area (Å²) < 4.78 is 36.9. The van der Waals surface area contributed by atoms with E-state index in [4.69, 9.17) is 0 Å². The molecular formula is C10H16F3NO. The van der Waals surface area contributed by atoms with Gasteiger partial charge in [0.05, 0.1) is 5.92 Å². The minimum absolute atomic E-state index is 0.0592. The summed E-state index contributed by atoms with van der Waals surface area (Å²) in [6.45, 7) is 1.73. The highest BCUT2D eigenvalue weighted by molar-refractivity contribution is 5.75. The van der Waals surface area contributed by atoms with Crippen molar-refractivity contribution in [2.24, 2.45) is 5.92 Å². The molecule has 1 aliphatic rings. The van der Waals surface area contributed by atoms with Gasteiger partial charge < -0.3 is 5.32 Å². The highest BCUT2D eigenvalue weighted by Gasteiger charge is 2.41. The van der Waals surface area contributed by atoms with Crippen LogP contribution in [0.5, 0.6) is 0 Å². The SMILES string of the molecule is CCC(=O)NC1CCC(C(F)(F)F)CC1. The Labute approximate surface area is 87.2 Å². The normalized spacial score (nSPS) is 27.5. The van der Waals surface area contributed by atoms with Crippen molar-refractivity contribution in [3.05, 3.63) is 0 Å². The summed E-state index contributed by atoms with van der Waals surface area (Å²) in [4.78, 5) is 11.0. The molecule has 5 heteroatoms. The number of hydrogen-bond acceptors (Lipinski definition) is 1. The van der Waals surface area contributed by atoms with Crippen LogP contribution in [0, 0.1) is 5.92 Å². The van der Waals surface area contributed by atoms with Gasteiger partial charge in [0.15, 0.2) is 0 Å². The number of nitrogens with one attached hydrogen (secondary N) is 1. The second-order valence-electron chi connectivity index (χ2n) is 4.01. The van der Waals surface area contributed by atoms with Crippen LogP contribution in [0.1, 0.15) is 39.0 Å². The summed E-state index contributed by atoms with van der Waals surface area (Å²) in [5.74, 6) is -1.25. The molecule has 2 nitrogen and oxygen atoms in total. The van der Waals surface area contributed by atoms with Gasteiger partial charge in [-0.2, -0.15) is 13.2 Å². The molecule has 0 saturated heterocycles. The van der Waals surface area contributed by atoms with Gasteiger partial charge in [0, 0.05) is 12.5 Å². The van der Waals surface area contributed by atoms with Gasteiger partial charge in [0.1, 0.15) is 0 Å². The van der Waals surface area contributed by atoms with Gasteiger partial charge in [-0.15, -0.1) is 0 Å². The zero-order valence-electron chi connectivity index (χ0n) is 8.73. The third kappa shape index (κ3) is 3.72. The second-order valence-corrected chi connectivity index (χ2v) is 4.01. The molecule has 1 rings (SSSR count). The molecule has 0 aromatic rings. The molecule has 0 bridgehead atoms. The minimum Gasteiger partial charge on any atom is -0.353 e. The predicted octanol–water partition coefficient (Wildman–Crippen LogP) is 2.63. The van der Waals surface area contributed by atoms with E-state index in [2.05, 4.69) is 5.32 Å². The molecule has 1 aliphatic carbocycles. The number of amides is 1. The van der Waals surface area contributed by atoms with Crippen LogP contribution >= 0.6 is 0 Å². The lowest BCUT2D eigenvalue weighted by Gasteiger charge is -2.30. The number of carbonyl (C=O) groups is 1. The van der Waals surface area contributed by atoms with Crippen molar-refractivity contribution in [1.82, 2.24) is 5.32 Å². The Balaban J connectivity index is 2.33. The quantitative estimate of drug-likeness (QED) is 0.766. The summed E-state index contributed by atoms with van der Waals surface area (Å²) in [5.41, 5.74) is 0. The van der Waals surface area contributed by atoms with Crippen LogP contribution in [0.2, 0.25) is 0 Å². The molecule has 0 aliphatic heterocycles. The predicted molar refractivity (Wildman–Crippen MR) is 50.2 cm³/mol. The number of halogens is 3. The molecular weight excluding hydrogens is 207 g/mol. The summed E-state index contributed by atoms with van der Waals surface area (Å²) in [5, 5.41) is 2.73. The van der Waals surface area contributed by atoms with Crippen molar-refractivity contribution >= 4 is 5.91 Å². The topological polar surface area (TPSA) is 29.1 Å². The maximum atomic E-state index is 12.3. The van der Waals surface area contributed by atoms with E-state index in [9.17, 15) is 18.0 Å². The maximum absolute atomic E-state index is 12.3. The van der Waals surface area contributed by atoms with Crippen LogP contribution in [-0.2, 0) is 4.79 Å². The molecule has 1 saturated carbocycles. The first-order chi connectivity index (χ1) is 6.93. The van der Waals surface area contributed by atoms with Crippen LogP contribution in [-0.4, -0.2) is 18.1 Å². The number of alkyl halides is 3. The third-order valence-corrected chi connectivity index (χ3v) is 2.88. The highest BCUT2D eigenvalue weighted by Crippen LogP contribution is 2.37. The summed E-state index contributed by atoms with van der Waals surface area (Å²) in [7, 11) is 0. The van der Waals surface area contributed by atoms with Crippen molar-refractivity contribution in [3.63, 3.8) is 0 Å².